The van der Waals surface area contributed by atoms with Gasteiger partial charge in [-0.05, 0) is 111 Å². The lowest BCUT2D eigenvalue weighted by molar-refractivity contribution is -0.131. The Hall–Kier alpha value is -6.46. The van der Waals surface area contributed by atoms with Crippen molar-refractivity contribution in [2.24, 2.45) is 14.1 Å². The fourth-order valence-electron chi connectivity index (χ4n) is 8.43. The van der Waals surface area contributed by atoms with Crippen LogP contribution in [-0.2, 0) is 51.2 Å². The maximum Gasteiger partial charge on any atom is 0.264 e. The molecule has 0 fully saturated rings. The molecule has 1 atom stereocenters. The summed E-state index contributed by atoms with van der Waals surface area (Å²) in [6, 6.07) is 31.7. The van der Waals surface area contributed by atoms with Gasteiger partial charge in [0.05, 0.1) is 23.9 Å². The van der Waals surface area contributed by atoms with Crippen molar-refractivity contribution in [3.05, 3.63) is 154 Å². The Morgan fingerprint density at radius 1 is 0.817 bits per heavy atom. The van der Waals surface area contributed by atoms with E-state index in [1.165, 1.54) is 5.56 Å². The van der Waals surface area contributed by atoms with Crippen LogP contribution in [0, 0.1) is 6.92 Å². The molecule has 0 spiro atoms. The number of aryl methyl sites for hydroxylation is 1. The van der Waals surface area contributed by atoms with Crippen molar-refractivity contribution in [2.75, 3.05) is 38.7 Å². The molecular formula is C49H53N7O4. The molecule has 2 aromatic heterocycles. The number of carbonyl (C=O) groups excluding carboxylic acids is 3. The summed E-state index contributed by atoms with van der Waals surface area (Å²) in [5, 5.41) is 4.37. The summed E-state index contributed by atoms with van der Waals surface area (Å²) in [7, 11) is 7.81. The number of amides is 3. The molecule has 60 heavy (non-hydrogen) atoms. The monoisotopic (exact) mass is 803 g/mol. The van der Waals surface area contributed by atoms with Crippen LogP contribution < -0.4 is 9.64 Å². The normalized spacial score (nSPS) is 14.8. The van der Waals surface area contributed by atoms with Crippen molar-refractivity contribution >= 4 is 29.1 Å². The topological polar surface area (TPSA) is 96.2 Å². The van der Waals surface area contributed by atoms with E-state index in [1.54, 1.807) is 15.8 Å². The van der Waals surface area contributed by atoms with Crippen LogP contribution in [0.4, 0.5) is 11.4 Å². The molecule has 0 bridgehead atoms. The molecule has 8 rings (SSSR count). The SMILES string of the molecule is Cc1c(C(=O)N(c2ccccc2)c2cnn(C)c2)cc(-c2cc3c(cc2C(=O)N2Cc4ccccc4C[C@H]2C)CN(C(=O)Cc2ccc(OCCN(C)C)cc2)CC3)n1C. The van der Waals surface area contributed by atoms with Crippen LogP contribution >= 0.6 is 0 Å². The van der Waals surface area contributed by atoms with Gasteiger partial charge in [-0.2, -0.15) is 5.10 Å². The van der Waals surface area contributed by atoms with Crippen LogP contribution in [0.15, 0.2) is 109 Å². The zero-order chi connectivity index (χ0) is 42.1. The molecule has 0 saturated heterocycles. The molecule has 11 heteroatoms. The van der Waals surface area contributed by atoms with Crippen LogP contribution in [0.1, 0.15) is 61.2 Å². The van der Waals surface area contributed by atoms with E-state index in [2.05, 4.69) is 41.2 Å². The van der Waals surface area contributed by atoms with E-state index in [0.29, 0.717) is 49.5 Å². The van der Waals surface area contributed by atoms with Gasteiger partial charge in [0.1, 0.15) is 12.4 Å². The number of hydrogen-bond donors (Lipinski definition) is 0. The number of benzene rings is 4. The molecule has 6 aromatic rings. The van der Waals surface area contributed by atoms with Crippen molar-refractivity contribution in [1.29, 1.82) is 0 Å². The molecule has 308 valence electrons. The minimum Gasteiger partial charge on any atom is -0.492 e. The second-order valence-electron chi connectivity index (χ2n) is 16.4. The van der Waals surface area contributed by atoms with Gasteiger partial charge >= 0.3 is 0 Å². The quantitative estimate of drug-likeness (QED) is 0.136. The van der Waals surface area contributed by atoms with Gasteiger partial charge < -0.3 is 24.0 Å². The number of rotatable bonds is 11. The van der Waals surface area contributed by atoms with Crippen molar-refractivity contribution in [2.45, 2.75) is 52.2 Å². The number of likely N-dealkylation sites (N-methyl/N-ethyl adjacent to an activating group) is 1. The lowest BCUT2D eigenvalue weighted by Crippen LogP contribution is -2.43. The number of fused-ring (bicyclic) bond motifs is 2. The van der Waals surface area contributed by atoms with Gasteiger partial charge in [-0.15, -0.1) is 0 Å². The fraction of sp³-hybridized carbons (Fsp3) is 0.306. The van der Waals surface area contributed by atoms with E-state index in [9.17, 15) is 9.59 Å². The summed E-state index contributed by atoms with van der Waals surface area (Å²) in [4.78, 5) is 51.2. The lowest BCUT2D eigenvalue weighted by Gasteiger charge is -2.36. The molecule has 0 aliphatic carbocycles. The molecule has 4 heterocycles. The average Bonchev–Trinajstić information content (AvgIpc) is 3.81. The van der Waals surface area contributed by atoms with Gasteiger partial charge in [-0.1, -0.05) is 54.6 Å². The van der Waals surface area contributed by atoms with Gasteiger partial charge in [0.15, 0.2) is 0 Å². The Balaban J connectivity index is 1.13. The zero-order valence-electron chi connectivity index (χ0n) is 35.4. The zero-order valence-corrected chi connectivity index (χ0v) is 35.4. The van der Waals surface area contributed by atoms with E-state index in [0.717, 1.165) is 63.6 Å². The number of nitrogens with zero attached hydrogens (tertiary/aromatic N) is 7. The molecule has 0 saturated carbocycles. The third-order valence-electron chi connectivity index (χ3n) is 12.0. The number of anilines is 2. The first-order chi connectivity index (χ1) is 28.9. The molecule has 0 N–H and O–H groups in total. The van der Waals surface area contributed by atoms with E-state index in [-0.39, 0.29) is 30.2 Å². The minimum atomic E-state index is -0.193. The molecular weight excluding hydrogens is 751 g/mol. The second-order valence-corrected chi connectivity index (χ2v) is 16.4. The summed E-state index contributed by atoms with van der Waals surface area (Å²) in [5.41, 5.74) is 10.2. The van der Waals surface area contributed by atoms with Crippen molar-refractivity contribution in [3.63, 3.8) is 0 Å². The van der Waals surface area contributed by atoms with Crippen LogP contribution in [0.5, 0.6) is 5.75 Å². The summed E-state index contributed by atoms with van der Waals surface area (Å²) in [6.07, 6.45) is 5.21. The highest BCUT2D eigenvalue weighted by molar-refractivity contribution is 6.12. The first-order valence-electron chi connectivity index (χ1n) is 20.7. The van der Waals surface area contributed by atoms with Crippen molar-refractivity contribution in [1.82, 2.24) is 29.0 Å². The van der Waals surface area contributed by atoms with Crippen molar-refractivity contribution in [3.8, 4) is 17.0 Å². The largest absolute Gasteiger partial charge is 0.492 e. The molecule has 3 amide bonds. The number of ether oxygens (including phenoxy) is 1. The first kappa shape index (κ1) is 40.3. The number of para-hydroxylation sites is 1. The number of carbonyl (C=O) groups is 3. The molecule has 0 radical (unpaired) electrons. The maximum absolute atomic E-state index is 15.0. The Labute approximate surface area is 352 Å². The number of hydrogen-bond acceptors (Lipinski definition) is 6. The third kappa shape index (κ3) is 8.22. The summed E-state index contributed by atoms with van der Waals surface area (Å²) in [5.74, 6) is 0.560. The maximum atomic E-state index is 15.0. The van der Waals surface area contributed by atoms with Gasteiger partial charge in [0.2, 0.25) is 5.91 Å². The standard InChI is InChI=1S/C49H53N7O4/c1-33-24-36-12-10-11-13-38(36)31-55(33)48(58)45-27-39-30-54(47(57)25-35-16-18-42(19-17-35)60-23-22-51(3)4)21-20-37(39)26-44(45)46-28-43(34(2)53(46)6)49(59)56(40-14-8-7-9-15-40)41-29-50-52(5)32-41/h7-19,26-29,32-33H,20-25,30-31H2,1-6H3/t33-/m1/s1. The second kappa shape index (κ2) is 17.0. The van der Waals surface area contributed by atoms with E-state index in [1.807, 2.05) is 128 Å². The predicted molar refractivity (Wildman–Crippen MR) is 235 cm³/mol. The highest BCUT2D eigenvalue weighted by Crippen LogP contribution is 2.37. The number of aromatic nitrogens is 3. The molecule has 4 aromatic carbocycles. The Morgan fingerprint density at radius 3 is 2.27 bits per heavy atom. The Kier molecular flexibility index (Phi) is 11.4. The van der Waals surface area contributed by atoms with Crippen molar-refractivity contribution < 1.29 is 19.1 Å². The van der Waals surface area contributed by atoms with E-state index >= 15 is 4.79 Å². The Bertz CT molecular complexity index is 2540. The highest BCUT2D eigenvalue weighted by atomic mass is 16.5. The molecule has 2 aliphatic heterocycles. The van der Waals surface area contributed by atoms with E-state index in [4.69, 9.17) is 4.74 Å². The molecule has 2 aliphatic rings. The smallest absolute Gasteiger partial charge is 0.264 e. The van der Waals surface area contributed by atoms with Gasteiger partial charge in [-0.25, -0.2) is 0 Å². The van der Waals surface area contributed by atoms with Crippen LogP contribution in [0.3, 0.4) is 0 Å². The third-order valence-corrected chi connectivity index (χ3v) is 12.0. The molecule has 0 unspecified atom stereocenters. The lowest BCUT2D eigenvalue weighted by atomic mass is 9.89. The Morgan fingerprint density at radius 2 is 1.55 bits per heavy atom. The highest BCUT2D eigenvalue weighted by Gasteiger charge is 2.33. The minimum absolute atomic E-state index is 0.0228. The van der Waals surface area contributed by atoms with E-state index < -0.39 is 0 Å². The first-order valence-corrected chi connectivity index (χ1v) is 20.7. The van der Waals surface area contributed by atoms with Gasteiger partial charge in [0, 0.05) is 80.7 Å². The molecule has 11 nitrogen and oxygen atoms in total. The fourth-order valence-corrected chi connectivity index (χ4v) is 8.43. The summed E-state index contributed by atoms with van der Waals surface area (Å²) < 4.78 is 9.56. The van der Waals surface area contributed by atoms with Gasteiger partial charge in [-0.3, -0.25) is 24.0 Å². The van der Waals surface area contributed by atoms with Crippen LogP contribution in [-0.4, -0.2) is 86.6 Å². The average molecular weight is 804 g/mol. The predicted octanol–water partition coefficient (Wildman–Crippen LogP) is 7.37. The summed E-state index contributed by atoms with van der Waals surface area (Å²) >= 11 is 0. The van der Waals surface area contributed by atoms with Crippen LogP contribution in [0.25, 0.3) is 11.3 Å². The summed E-state index contributed by atoms with van der Waals surface area (Å²) in [6.45, 7) is 6.95. The van der Waals surface area contributed by atoms with Crippen LogP contribution in [0.2, 0.25) is 0 Å². The van der Waals surface area contributed by atoms with Gasteiger partial charge in [0.25, 0.3) is 11.8 Å².